The van der Waals surface area contributed by atoms with Gasteiger partial charge in [0.05, 0.1) is 17.3 Å². The van der Waals surface area contributed by atoms with E-state index in [1.807, 2.05) is 0 Å². The van der Waals surface area contributed by atoms with E-state index in [0.717, 1.165) is 18.2 Å². The third-order valence-electron chi connectivity index (χ3n) is 1.59. The van der Waals surface area contributed by atoms with Gasteiger partial charge in [-0.05, 0) is 18.2 Å². The highest BCUT2D eigenvalue weighted by Crippen LogP contribution is 2.22. The van der Waals surface area contributed by atoms with Gasteiger partial charge in [-0.25, -0.2) is 0 Å². The van der Waals surface area contributed by atoms with Crippen molar-refractivity contribution in [1.29, 1.82) is 0 Å². The molecular weight excluding hydrogens is 208 g/mol. The third-order valence-corrected chi connectivity index (χ3v) is 1.59. The quantitative estimate of drug-likeness (QED) is 0.564. The van der Waals surface area contributed by atoms with Crippen LogP contribution in [0.5, 0.6) is 0 Å². The highest BCUT2D eigenvalue weighted by Gasteiger charge is 2.06. The lowest BCUT2D eigenvalue weighted by molar-refractivity contribution is -0.255. The molecule has 82 valence electrons. The molecule has 1 rings (SSSR count). The summed E-state index contributed by atoms with van der Waals surface area (Å²) in [5.74, 6) is -1.62. The van der Waals surface area contributed by atoms with Gasteiger partial charge in [-0.2, -0.15) is 0 Å². The Balaban J connectivity index is 3.26. The van der Waals surface area contributed by atoms with Gasteiger partial charge in [0.15, 0.2) is 0 Å². The van der Waals surface area contributed by atoms with E-state index in [4.69, 9.17) is 15.6 Å². The molecular formula is C7H6N2O6-2. The summed E-state index contributed by atoms with van der Waals surface area (Å²) in [5, 5.41) is 45.7. The predicted octanol–water partition coefficient (Wildman–Crippen LogP) is -0.672. The van der Waals surface area contributed by atoms with Crippen LogP contribution in [0.15, 0.2) is 18.2 Å². The predicted molar refractivity (Wildman–Crippen MR) is 44.5 cm³/mol. The summed E-state index contributed by atoms with van der Waals surface area (Å²) in [5.41, 5.74) is -1.35. The molecule has 1 aromatic rings. The van der Waals surface area contributed by atoms with Crippen LogP contribution in [0, 0.1) is 5.21 Å². The summed E-state index contributed by atoms with van der Waals surface area (Å²) < 4.78 is 0. The largest absolute Gasteiger partial charge is 0.733 e. The topological polar surface area (TPSA) is 130 Å². The number of carboxylic acids is 1. The van der Waals surface area contributed by atoms with E-state index >= 15 is 0 Å². The first-order valence-electron chi connectivity index (χ1n) is 3.62. The van der Waals surface area contributed by atoms with Gasteiger partial charge in [-0.1, -0.05) is 0 Å². The Labute approximate surface area is 83.3 Å². The van der Waals surface area contributed by atoms with Crippen LogP contribution in [0.3, 0.4) is 0 Å². The van der Waals surface area contributed by atoms with Crippen molar-refractivity contribution in [2.45, 2.75) is 0 Å². The Kier molecular flexibility index (Phi) is 3.07. The summed E-state index contributed by atoms with van der Waals surface area (Å²) >= 11 is 0. The molecule has 0 unspecified atom stereocenters. The second-order valence-electron chi connectivity index (χ2n) is 2.59. The highest BCUT2D eigenvalue weighted by atomic mass is 16.8. The summed E-state index contributed by atoms with van der Waals surface area (Å²) in [4.78, 5) is 10.5. The van der Waals surface area contributed by atoms with E-state index in [0.29, 0.717) is 0 Å². The molecule has 15 heavy (non-hydrogen) atoms. The number of nitrogens with zero attached hydrogens (tertiary/aromatic N) is 2. The maximum absolute atomic E-state index is 10.5. The van der Waals surface area contributed by atoms with Gasteiger partial charge in [-0.3, -0.25) is 15.6 Å². The Morgan fingerprint density at radius 2 is 1.67 bits per heavy atom. The molecule has 0 saturated carbocycles. The van der Waals surface area contributed by atoms with Gasteiger partial charge in [0.1, 0.15) is 0 Å². The molecule has 0 radical (unpaired) electrons. The minimum absolute atomic E-state index is 0.389. The molecule has 0 aromatic heterocycles. The molecule has 0 bridgehead atoms. The van der Waals surface area contributed by atoms with Gasteiger partial charge in [0, 0.05) is 5.56 Å². The van der Waals surface area contributed by atoms with Gasteiger partial charge in [0.25, 0.3) is 0 Å². The first-order chi connectivity index (χ1) is 6.91. The molecule has 0 amide bonds. The van der Waals surface area contributed by atoms with Crippen LogP contribution in [0.2, 0.25) is 0 Å². The number of rotatable bonds is 3. The van der Waals surface area contributed by atoms with E-state index in [1.54, 1.807) is 0 Å². The van der Waals surface area contributed by atoms with E-state index in [2.05, 4.69) is 0 Å². The Morgan fingerprint density at radius 1 is 1.13 bits per heavy atom. The number of carbonyl (C=O) groups excluding carboxylic acids is 1. The van der Waals surface area contributed by atoms with Crippen molar-refractivity contribution in [3.8, 4) is 0 Å². The van der Waals surface area contributed by atoms with Crippen molar-refractivity contribution in [3.05, 3.63) is 29.0 Å². The second-order valence-corrected chi connectivity index (χ2v) is 2.59. The number of benzene rings is 1. The Hall–Kier alpha value is -1.87. The van der Waals surface area contributed by atoms with Crippen molar-refractivity contribution in [2.24, 2.45) is 0 Å². The number of anilines is 2. The molecule has 0 spiro atoms. The van der Waals surface area contributed by atoms with Crippen LogP contribution in [-0.2, 0) is 0 Å². The minimum atomic E-state index is -1.62. The van der Waals surface area contributed by atoms with Crippen molar-refractivity contribution in [2.75, 3.05) is 10.5 Å². The summed E-state index contributed by atoms with van der Waals surface area (Å²) in [6, 6.07) is 2.52. The fourth-order valence-electron chi connectivity index (χ4n) is 0.939. The number of carbonyl (C=O) groups is 1. The van der Waals surface area contributed by atoms with Crippen molar-refractivity contribution < 1.29 is 25.5 Å². The first-order valence-corrected chi connectivity index (χ1v) is 3.62. The average Bonchev–Trinajstić information content (AvgIpc) is 2.16. The zero-order chi connectivity index (χ0) is 11.6. The monoisotopic (exact) mass is 214 g/mol. The maximum atomic E-state index is 10.5. The molecule has 0 atom stereocenters. The SMILES string of the molecule is O=C([O-])c1cc(N([O-])O)cc(N(O)O)c1. The molecule has 0 heterocycles. The van der Waals surface area contributed by atoms with Crippen molar-refractivity contribution in [3.63, 3.8) is 0 Å². The molecule has 0 aliphatic heterocycles. The maximum Gasteiger partial charge on any atom is 0.0970 e. The molecule has 0 saturated heterocycles. The number of aromatic carboxylic acids is 1. The van der Waals surface area contributed by atoms with Crippen LogP contribution in [0.25, 0.3) is 0 Å². The van der Waals surface area contributed by atoms with Crippen LogP contribution in [-0.4, -0.2) is 21.6 Å². The zero-order valence-corrected chi connectivity index (χ0v) is 7.19. The highest BCUT2D eigenvalue weighted by molar-refractivity contribution is 5.88. The number of carboxylic acid groups (broad SMARTS) is 1. The van der Waals surface area contributed by atoms with Gasteiger partial charge in [-0.15, -0.1) is 5.23 Å². The fourth-order valence-corrected chi connectivity index (χ4v) is 0.939. The van der Waals surface area contributed by atoms with E-state index in [9.17, 15) is 15.1 Å². The lowest BCUT2D eigenvalue weighted by atomic mass is 10.2. The van der Waals surface area contributed by atoms with Crippen LogP contribution >= 0.6 is 0 Å². The van der Waals surface area contributed by atoms with Crippen molar-refractivity contribution in [1.82, 2.24) is 0 Å². The van der Waals surface area contributed by atoms with Crippen LogP contribution < -0.4 is 15.6 Å². The zero-order valence-electron chi connectivity index (χ0n) is 7.19. The summed E-state index contributed by atoms with van der Waals surface area (Å²) in [7, 11) is 0. The normalized spacial score (nSPS) is 9.87. The van der Waals surface area contributed by atoms with Gasteiger partial charge >= 0.3 is 0 Å². The standard InChI is InChI=1S/C7H7N2O6/c10-7(11)4-1-5(8(12)13)3-6(2-4)9(14)15/h1-3,12-14H,(H,10,11)/q-1/p-1. The van der Waals surface area contributed by atoms with E-state index < -0.39 is 28.1 Å². The third kappa shape index (κ3) is 2.54. The van der Waals surface area contributed by atoms with Gasteiger partial charge in [0.2, 0.25) is 0 Å². The van der Waals surface area contributed by atoms with Crippen LogP contribution in [0.4, 0.5) is 11.4 Å². The molecule has 3 N–H and O–H groups in total. The molecule has 8 heteroatoms. The Morgan fingerprint density at radius 3 is 2.07 bits per heavy atom. The molecule has 0 fully saturated rings. The van der Waals surface area contributed by atoms with E-state index in [-0.39, 0.29) is 5.23 Å². The summed E-state index contributed by atoms with van der Waals surface area (Å²) in [6.45, 7) is 0. The number of hydrogen-bond acceptors (Lipinski definition) is 8. The molecule has 0 aliphatic carbocycles. The second kappa shape index (κ2) is 4.11. The van der Waals surface area contributed by atoms with Crippen LogP contribution in [0.1, 0.15) is 10.4 Å². The fraction of sp³-hybridized carbons (Fsp3) is 0. The number of hydrogen-bond donors (Lipinski definition) is 3. The van der Waals surface area contributed by atoms with E-state index in [1.165, 1.54) is 0 Å². The lowest BCUT2D eigenvalue weighted by Crippen LogP contribution is -2.23. The smallest absolute Gasteiger partial charge is 0.0970 e. The molecule has 1 aromatic carbocycles. The Bertz CT molecular complexity index is 351. The lowest BCUT2D eigenvalue weighted by Gasteiger charge is -2.23. The first kappa shape index (κ1) is 11.2. The molecule has 8 nitrogen and oxygen atoms in total. The average molecular weight is 214 g/mol. The van der Waals surface area contributed by atoms with Crippen molar-refractivity contribution >= 4 is 17.3 Å². The minimum Gasteiger partial charge on any atom is -0.733 e. The molecule has 0 aliphatic rings. The summed E-state index contributed by atoms with van der Waals surface area (Å²) in [6.07, 6.45) is 0. The van der Waals surface area contributed by atoms with Gasteiger partial charge < -0.3 is 20.3 Å².